The molecule has 34 heavy (non-hydrogen) atoms. The van der Waals surface area contributed by atoms with Crippen molar-refractivity contribution < 1.29 is 9.84 Å². The molecule has 2 nitrogen and oxygen atoms in total. The highest BCUT2D eigenvalue weighted by atomic mass is 16.5. The van der Waals surface area contributed by atoms with Gasteiger partial charge in [-0.05, 0) is 123 Å². The van der Waals surface area contributed by atoms with Gasteiger partial charge in [0.1, 0.15) is 0 Å². The van der Waals surface area contributed by atoms with Crippen LogP contribution in [0.5, 0.6) is 0 Å². The van der Waals surface area contributed by atoms with Crippen LogP contribution in [-0.2, 0) is 4.74 Å². The van der Waals surface area contributed by atoms with Crippen LogP contribution in [0.3, 0.4) is 0 Å². The van der Waals surface area contributed by atoms with E-state index in [4.69, 9.17) is 4.74 Å². The van der Waals surface area contributed by atoms with E-state index in [1.165, 1.54) is 44.9 Å². The predicted molar refractivity (Wildman–Crippen MR) is 144 cm³/mol. The van der Waals surface area contributed by atoms with Crippen molar-refractivity contribution in [2.75, 3.05) is 7.11 Å². The third kappa shape index (κ3) is 3.63. The second-order valence-electron chi connectivity index (χ2n) is 14.6. The van der Waals surface area contributed by atoms with Crippen LogP contribution in [-0.4, -0.2) is 23.9 Å². The number of rotatable bonds is 6. The van der Waals surface area contributed by atoms with Crippen molar-refractivity contribution in [2.45, 2.75) is 125 Å². The van der Waals surface area contributed by atoms with Gasteiger partial charge in [-0.1, -0.05) is 59.8 Å². The summed E-state index contributed by atoms with van der Waals surface area (Å²) in [5, 5.41) is 10.8. The molecule has 0 spiro atoms. The average molecular weight is 471 g/mol. The highest BCUT2D eigenvalue weighted by molar-refractivity contribution is 5.32. The fourth-order valence-corrected chi connectivity index (χ4v) is 10.0. The second kappa shape index (κ2) is 8.47. The van der Waals surface area contributed by atoms with E-state index in [1.807, 2.05) is 26.5 Å². The summed E-state index contributed by atoms with van der Waals surface area (Å²) >= 11 is 0. The Hall–Kier alpha value is -0.600. The van der Waals surface area contributed by atoms with E-state index in [1.54, 1.807) is 0 Å². The molecule has 0 bridgehead atoms. The van der Waals surface area contributed by atoms with Gasteiger partial charge in [0.25, 0.3) is 0 Å². The molecule has 2 heteroatoms. The highest BCUT2D eigenvalue weighted by Crippen LogP contribution is 2.73. The molecule has 0 aromatic rings. The van der Waals surface area contributed by atoms with Crippen molar-refractivity contribution in [1.29, 1.82) is 0 Å². The molecule has 4 aliphatic carbocycles. The summed E-state index contributed by atoms with van der Waals surface area (Å²) in [6.07, 6.45) is 14.2. The molecule has 9 atom stereocenters. The largest absolute Gasteiger partial charge is 0.386 e. The lowest BCUT2D eigenvalue weighted by Gasteiger charge is -2.64. The van der Waals surface area contributed by atoms with Gasteiger partial charge < -0.3 is 9.84 Å². The van der Waals surface area contributed by atoms with Gasteiger partial charge in [-0.2, -0.15) is 0 Å². The molecular weight excluding hydrogens is 416 g/mol. The molecule has 0 radical (unpaired) electrons. The van der Waals surface area contributed by atoms with Gasteiger partial charge in [0.2, 0.25) is 0 Å². The van der Waals surface area contributed by atoms with Gasteiger partial charge in [0, 0.05) is 7.11 Å². The van der Waals surface area contributed by atoms with Gasteiger partial charge in [-0.25, -0.2) is 0 Å². The molecule has 4 aliphatic rings. The number of ether oxygens (including phenoxy) is 1. The monoisotopic (exact) mass is 470 g/mol. The van der Waals surface area contributed by atoms with Crippen molar-refractivity contribution in [3.63, 3.8) is 0 Å². The van der Waals surface area contributed by atoms with E-state index in [2.05, 4.69) is 54.2 Å². The number of aliphatic hydroxyl groups is 1. The van der Waals surface area contributed by atoms with Crippen LogP contribution >= 0.6 is 0 Å². The summed E-state index contributed by atoms with van der Waals surface area (Å²) < 4.78 is 6.00. The third-order valence-electron chi connectivity index (χ3n) is 12.8. The maximum absolute atomic E-state index is 10.8. The molecule has 0 unspecified atom stereocenters. The van der Waals surface area contributed by atoms with Crippen molar-refractivity contribution in [2.24, 2.45) is 45.3 Å². The molecule has 0 aliphatic heterocycles. The summed E-state index contributed by atoms with van der Waals surface area (Å²) in [6.45, 7) is 23.3. The average Bonchev–Trinajstić information content (AvgIpc) is 3.03. The van der Waals surface area contributed by atoms with Crippen LogP contribution in [0.15, 0.2) is 23.8 Å². The lowest BCUT2D eigenvalue weighted by molar-refractivity contribution is -0.130. The molecule has 1 N–H and O–H groups in total. The SMILES string of the molecule is C=C(C)[C@@](C)(O)CC[C@@H](C)[C@@H]1CC[C@@]2(C)[C@@H]3CC[C@H]4C(C)(C)[C@@H](OC)CC[C@]4(C)C3=CC[C@]12C. The Morgan fingerprint density at radius 2 is 1.79 bits per heavy atom. The Morgan fingerprint density at radius 1 is 1.12 bits per heavy atom. The lowest BCUT2D eigenvalue weighted by atomic mass is 9.41. The number of methoxy groups -OCH3 is 1. The van der Waals surface area contributed by atoms with E-state index >= 15 is 0 Å². The highest BCUT2D eigenvalue weighted by Gasteiger charge is 2.65. The second-order valence-corrected chi connectivity index (χ2v) is 14.6. The molecule has 0 aromatic carbocycles. The summed E-state index contributed by atoms with van der Waals surface area (Å²) in [6, 6.07) is 0. The Bertz CT molecular complexity index is 836. The summed E-state index contributed by atoms with van der Waals surface area (Å²) in [5.41, 5.74) is 3.30. The molecular formula is C32H54O2. The standard InChI is InChI=1S/C32H54O2/c1-21(2)32(9,33)20-13-22(3)23-14-18-31(8)25-11-12-26-28(4,5)27(34-10)16-17-29(26,6)24(25)15-19-30(23,31)7/h15,22-23,25-27,33H,1,11-14,16-20H2,2-10H3/t22-,23+,25-,26+,27+,29-,30-,31+,32+/m1/s1. The van der Waals surface area contributed by atoms with E-state index < -0.39 is 5.60 Å². The fourth-order valence-electron chi connectivity index (χ4n) is 10.0. The van der Waals surface area contributed by atoms with E-state index in [0.29, 0.717) is 28.3 Å². The number of fused-ring (bicyclic) bond motifs is 5. The Morgan fingerprint density at radius 3 is 2.41 bits per heavy atom. The van der Waals surface area contributed by atoms with Crippen molar-refractivity contribution in [1.82, 2.24) is 0 Å². The number of hydrogen-bond donors (Lipinski definition) is 1. The normalized spacial score (nSPS) is 45.9. The van der Waals surface area contributed by atoms with Crippen LogP contribution in [0, 0.1) is 45.3 Å². The quantitative estimate of drug-likeness (QED) is 0.395. The Labute approximate surface area is 211 Å². The molecule has 4 rings (SSSR count). The topological polar surface area (TPSA) is 29.5 Å². The molecule has 0 heterocycles. The first-order chi connectivity index (χ1) is 15.6. The predicted octanol–water partition coefficient (Wildman–Crippen LogP) is 8.35. The van der Waals surface area contributed by atoms with Gasteiger partial charge in [0.15, 0.2) is 0 Å². The fraction of sp³-hybridized carbons (Fsp3) is 0.875. The zero-order valence-corrected chi connectivity index (χ0v) is 23.9. The molecule has 0 aromatic heterocycles. The van der Waals surface area contributed by atoms with E-state index in [0.717, 1.165) is 36.2 Å². The maximum atomic E-state index is 10.8. The minimum Gasteiger partial charge on any atom is -0.386 e. The van der Waals surface area contributed by atoms with Crippen LogP contribution in [0.1, 0.15) is 113 Å². The minimum absolute atomic E-state index is 0.238. The van der Waals surface area contributed by atoms with Gasteiger partial charge in [0.05, 0.1) is 11.7 Å². The van der Waals surface area contributed by atoms with Crippen molar-refractivity contribution in [3.05, 3.63) is 23.8 Å². The summed E-state index contributed by atoms with van der Waals surface area (Å²) in [7, 11) is 1.92. The zero-order chi connectivity index (χ0) is 25.3. The van der Waals surface area contributed by atoms with Gasteiger partial charge in [-0.15, -0.1) is 0 Å². The van der Waals surface area contributed by atoms with Crippen molar-refractivity contribution >= 4 is 0 Å². The first-order valence-electron chi connectivity index (χ1n) is 14.3. The molecule has 3 fully saturated rings. The van der Waals surface area contributed by atoms with Crippen LogP contribution in [0.25, 0.3) is 0 Å². The third-order valence-corrected chi connectivity index (χ3v) is 12.8. The first kappa shape index (κ1) is 26.5. The Kier molecular flexibility index (Phi) is 6.60. The lowest BCUT2D eigenvalue weighted by Crippen LogP contribution is -2.58. The molecule has 0 saturated heterocycles. The van der Waals surface area contributed by atoms with Crippen LogP contribution < -0.4 is 0 Å². The summed E-state index contributed by atoms with van der Waals surface area (Å²) in [5.74, 6) is 2.82. The molecule has 0 amide bonds. The zero-order valence-electron chi connectivity index (χ0n) is 23.9. The molecule has 194 valence electrons. The van der Waals surface area contributed by atoms with Gasteiger partial charge >= 0.3 is 0 Å². The van der Waals surface area contributed by atoms with E-state index in [9.17, 15) is 5.11 Å². The van der Waals surface area contributed by atoms with Gasteiger partial charge in [-0.3, -0.25) is 0 Å². The smallest absolute Gasteiger partial charge is 0.0823 e. The summed E-state index contributed by atoms with van der Waals surface area (Å²) in [4.78, 5) is 0. The Balaban J connectivity index is 1.60. The first-order valence-corrected chi connectivity index (χ1v) is 14.3. The van der Waals surface area contributed by atoms with Crippen LogP contribution in [0.2, 0.25) is 0 Å². The minimum atomic E-state index is -0.739. The van der Waals surface area contributed by atoms with Crippen LogP contribution in [0.4, 0.5) is 0 Å². The maximum Gasteiger partial charge on any atom is 0.0823 e. The molecule has 3 saturated carbocycles. The van der Waals surface area contributed by atoms with Crippen molar-refractivity contribution in [3.8, 4) is 0 Å². The van der Waals surface area contributed by atoms with E-state index in [-0.39, 0.29) is 5.41 Å². The number of allylic oxidation sites excluding steroid dienone is 2. The number of hydrogen-bond acceptors (Lipinski definition) is 2.